The Hall–Kier alpha value is -3.81. The molecule has 0 aliphatic rings. The first-order chi connectivity index (χ1) is 18.9. The standard InChI is InChI=1S/C27H33N3O8S2/c1-20-6-11-24(12-7-20)40(34,35)30(21-8-15-25(36-4)26(18-21)37-5)19-27(31)28-16-17-38-22-9-13-23(14-10-22)39(32,33)29(2)3/h6-15,18H,16-17,19H2,1-5H3,(H,28,31). The van der Waals surface area contributed by atoms with Crippen LogP contribution in [0.3, 0.4) is 0 Å². The number of ether oxygens (including phenoxy) is 3. The summed E-state index contributed by atoms with van der Waals surface area (Å²) in [5.41, 5.74) is 1.11. The molecule has 0 fully saturated rings. The molecule has 0 unspecified atom stereocenters. The molecule has 40 heavy (non-hydrogen) atoms. The molecule has 0 atom stereocenters. The lowest BCUT2D eigenvalue weighted by atomic mass is 10.2. The summed E-state index contributed by atoms with van der Waals surface area (Å²) in [7, 11) is -1.88. The molecule has 0 saturated heterocycles. The summed E-state index contributed by atoms with van der Waals surface area (Å²) >= 11 is 0. The maximum Gasteiger partial charge on any atom is 0.264 e. The van der Waals surface area contributed by atoms with Crippen molar-refractivity contribution in [2.45, 2.75) is 16.7 Å². The first kappa shape index (κ1) is 30.7. The van der Waals surface area contributed by atoms with Crippen molar-refractivity contribution in [3.63, 3.8) is 0 Å². The number of aryl methyl sites for hydroxylation is 1. The lowest BCUT2D eigenvalue weighted by Gasteiger charge is -2.25. The molecule has 13 heteroatoms. The van der Waals surface area contributed by atoms with E-state index in [2.05, 4.69) is 5.32 Å². The van der Waals surface area contributed by atoms with Crippen LogP contribution in [-0.4, -0.2) is 75.1 Å². The zero-order chi connectivity index (χ0) is 29.5. The molecule has 0 aromatic heterocycles. The van der Waals surface area contributed by atoms with E-state index in [0.29, 0.717) is 17.2 Å². The van der Waals surface area contributed by atoms with Crippen LogP contribution in [-0.2, 0) is 24.8 Å². The van der Waals surface area contributed by atoms with Crippen LogP contribution in [0.4, 0.5) is 5.69 Å². The largest absolute Gasteiger partial charge is 0.493 e. The van der Waals surface area contributed by atoms with E-state index in [1.807, 2.05) is 6.92 Å². The fourth-order valence-corrected chi connectivity index (χ4v) is 5.91. The van der Waals surface area contributed by atoms with E-state index in [9.17, 15) is 21.6 Å². The summed E-state index contributed by atoms with van der Waals surface area (Å²) in [5, 5.41) is 2.66. The Morgan fingerprint density at radius 2 is 1.38 bits per heavy atom. The highest BCUT2D eigenvalue weighted by Gasteiger charge is 2.28. The third kappa shape index (κ3) is 7.23. The van der Waals surface area contributed by atoms with E-state index >= 15 is 0 Å². The molecule has 1 N–H and O–H groups in total. The predicted octanol–water partition coefficient (Wildman–Crippen LogP) is 2.65. The van der Waals surface area contributed by atoms with Gasteiger partial charge < -0.3 is 19.5 Å². The maximum absolute atomic E-state index is 13.6. The fraction of sp³-hybridized carbons (Fsp3) is 0.296. The van der Waals surface area contributed by atoms with E-state index in [1.165, 1.54) is 76.8 Å². The second-order valence-electron chi connectivity index (χ2n) is 8.82. The summed E-state index contributed by atoms with van der Waals surface area (Å²) in [5.74, 6) is 0.581. The molecule has 0 radical (unpaired) electrons. The van der Waals surface area contributed by atoms with Crippen molar-refractivity contribution in [3.05, 3.63) is 72.3 Å². The minimum absolute atomic E-state index is 0.0312. The number of carbonyl (C=O) groups is 1. The van der Waals surface area contributed by atoms with Gasteiger partial charge in [-0.25, -0.2) is 21.1 Å². The lowest BCUT2D eigenvalue weighted by Crippen LogP contribution is -2.42. The Morgan fingerprint density at radius 1 is 0.800 bits per heavy atom. The number of hydrogen-bond acceptors (Lipinski definition) is 8. The Bertz CT molecular complexity index is 1520. The van der Waals surface area contributed by atoms with Crippen LogP contribution in [0.5, 0.6) is 17.2 Å². The summed E-state index contributed by atoms with van der Waals surface area (Å²) in [6.07, 6.45) is 0. The van der Waals surface area contributed by atoms with Crippen LogP contribution in [0.2, 0.25) is 0 Å². The van der Waals surface area contributed by atoms with Gasteiger partial charge in [-0.1, -0.05) is 17.7 Å². The monoisotopic (exact) mass is 591 g/mol. The van der Waals surface area contributed by atoms with Crippen molar-refractivity contribution in [3.8, 4) is 17.2 Å². The van der Waals surface area contributed by atoms with Crippen LogP contribution < -0.4 is 23.8 Å². The van der Waals surface area contributed by atoms with Crippen molar-refractivity contribution >= 4 is 31.6 Å². The number of hydrogen-bond donors (Lipinski definition) is 1. The van der Waals surface area contributed by atoms with Crippen LogP contribution in [0.25, 0.3) is 0 Å². The number of methoxy groups -OCH3 is 2. The van der Waals surface area contributed by atoms with Crippen LogP contribution in [0.15, 0.2) is 76.5 Å². The smallest absolute Gasteiger partial charge is 0.264 e. The highest BCUT2D eigenvalue weighted by Crippen LogP contribution is 2.33. The number of sulfonamides is 2. The molecule has 11 nitrogen and oxygen atoms in total. The van der Waals surface area contributed by atoms with Crippen molar-refractivity contribution in [2.24, 2.45) is 0 Å². The molecule has 3 aromatic rings. The van der Waals surface area contributed by atoms with Gasteiger partial charge in [0.05, 0.1) is 36.2 Å². The summed E-state index contributed by atoms with van der Waals surface area (Å²) in [6, 6.07) is 16.8. The molecule has 216 valence electrons. The molecule has 0 aliphatic heterocycles. The van der Waals surface area contributed by atoms with Crippen LogP contribution in [0, 0.1) is 6.92 Å². The number of benzene rings is 3. The van der Waals surface area contributed by atoms with Crippen molar-refractivity contribution in [1.29, 1.82) is 0 Å². The van der Waals surface area contributed by atoms with Crippen LogP contribution >= 0.6 is 0 Å². The van der Waals surface area contributed by atoms with Gasteiger partial charge in [0.25, 0.3) is 10.0 Å². The van der Waals surface area contributed by atoms with E-state index in [4.69, 9.17) is 14.2 Å². The molecule has 0 heterocycles. The van der Waals surface area contributed by atoms with Crippen LogP contribution in [0.1, 0.15) is 5.56 Å². The maximum atomic E-state index is 13.6. The van der Waals surface area contributed by atoms with Gasteiger partial charge in [0.2, 0.25) is 15.9 Å². The summed E-state index contributed by atoms with van der Waals surface area (Å²) in [6.45, 7) is 1.51. The lowest BCUT2D eigenvalue weighted by molar-refractivity contribution is -0.119. The zero-order valence-corrected chi connectivity index (χ0v) is 24.6. The predicted molar refractivity (Wildman–Crippen MR) is 151 cm³/mol. The number of carbonyl (C=O) groups excluding carboxylic acids is 1. The Morgan fingerprint density at radius 3 is 1.95 bits per heavy atom. The van der Waals surface area contributed by atoms with Gasteiger partial charge in [-0.05, 0) is 55.5 Å². The highest BCUT2D eigenvalue weighted by molar-refractivity contribution is 7.92. The fourth-order valence-electron chi connectivity index (χ4n) is 3.60. The Labute approximate surface area is 235 Å². The van der Waals surface area contributed by atoms with Gasteiger partial charge in [-0.2, -0.15) is 0 Å². The van der Waals surface area contributed by atoms with E-state index in [0.717, 1.165) is 14.2 Å². The van der Waals surface area contributed by atoms with E-state index in [-0.39, 0.29) is 28.6 Å². The average molecular weight is 592 g/mol. The van der Waals surface area contributed by atoms with Crippen molar-refractivity contribution in [1.82, 2.24) is 9.62 Å². The molecular formula is C27H33N3O8S2. The molecule has 0 saturated carbocycles. The second-order valence-corrected chi connectivity index (χ2v) is 12.8. The first-order valence-electron chi connectivity index (χ1n) is 12.1. The number of amides is 1. The Kier molecular flexibility index (Phi) is 10.0. The van der Waals surface area contributed by atoms with Gasteiger partial charge in [-0.3, -0.25) is 9.10 Å². The average Bonchev–Trinajstić information content (AvgIpc) is 2.94. The van der Waals surface area contributed by atoms with Gasteiger partial charge >= 0.3 is 0 Å². The highest BCUT2D eigenvalue weighted by atomic mass is 32.2. The number of anilines is 1. The van der Waals surface area contributed by atoms with Crippen molar-refractivity contribution in [2.75, 3.05) is 52.3 Å². The minimum Gasteiger partial charge on any atom is -0.493 e. The third-order valence-electron chi connectivity index (χ3n) is 5.85. The molecule has 0 spiro atoms. The SMILES string of the molecule is COc1ccc(N(CC(=O)NCCOc2ccc(S(=O)(=O)N(C)C)cc2)S(=O)(=O)c2ccc(C)cc2)cc1OC. The van der Waals surface area contributed by atoms with Gasteiger partial charge in [0.15, 0.2) is 11.5 Å². The van der Waals surface area contributed by atoms with Gasteiger partial charge in [0.1, 0.15) is 18.9 Å². The Balaban J connectivity index is 1.71. The number of nitrogens with one attached hydrogen (secondary N) is 1. The second kappa shape index (κ2) is 13.0. The molecule has 3 aromatic carbocycles. The van der Waals surface area contributed by atoms with Gasteiger partial charge in [0, 0.05) is 20.2 Å². The van der Waals surface area contributed by atoms with E-state index in [1.54, 1.807) is 18.2 Å². The van der Waals surface area contributed by atoms with Gasteiger partial charge in [-0.15, -0.1) is 0 Å². The molecule has 0 bridgehead atoms. The summed E-state index contributed by atoms with van der Waals surface area (Å²) in [4.78, 5) is 13.0. The third-order valence-corrected chi connectivity index (χ3v) is 9.46. The topological polar surface area (TPSA) is 132 Å². The quantitative estimate of drug-likeness (QED) is 0.300. The summed E-state index contributed by atoms with van der Waals surface area (Å²) < 4.78 is 69.9. The number of rotatable bonds is 13. The molecule has 0 aliphatic carbocycles. The minimum atomic E-state index is -4.11. The molecular weight excluding hydrogens is 558 g/mol. The number of nitrogens with zero attached hydrogens (tertiary/aromatic N) is 2. The van der Waals surface area contributed by atoms with E-state index < -0.39 is 32.5 Å². The first-order valence-corrected chi connectivity index (χ1v) is 15.0. The van der Waals surface area contributed by atoms with Crippen molar-refractivity contribution < 1.29 is 35.8 Å². The molecule has 1 amide bonds. The molecule has 3 rings (SSSR count). The zero-order valence-electron chi connectivity index (χ0n) is 22.9. The normalized spacial score (nSPS) is 11.7.